The summed E-state index contributed by atoms with van der Waals surface area (Å²) >= 11 is 3.26. The lowest BCUT2D eigenvalue weighted by atomic mass is 9.81. The lowest BCUT2D eigenvalue weighted by Crippen LogP contribution is -2.34. The van der Waals surface area contributed by atoms with Crippen molar-refractivity contribution in [2.24, 2.45) is 5.92 Å². The van der Waals surface area contributed by atoms with E-state index in [1.54, 1.807) is 13.1 Å². The minimum Gasteiger partial charge on any atom is -0.313 e. The van der Waals surface area contributed by atoms with Crippen molar-refractivity contribution in [2.75, 3.05) is 13.3 Å². The first-order chi connectivity index (χ1) is 9.82. The topological polar surface area (TPSA) is 46.2 Å². The maximum atomic E-state index is 14.2. The lowest BCUT2D eigenvalue weighted by Gasteiger charge is -2.34. The minimum atomic E-state index is -3.03. The normalized spacial score (nSPS) is 24.8. The van der Waals surface area contributed by atoms with E-state index in [1.165, 1.54) is 12.3 Å². The predicted octanol–water partition coefficient (Wildman–Crippen LogP) is 3.45. The molecule has 3 atom stereocenters. The summed E-state index contributed by atoms with van der Waals surface area (Å²) in [6.45, 7) is 0. The van der Waals surface area contributed by atoms with Crippen molar-refractivity contribution in [3.05, 3.63) is 34.1 Å². The van der Waals surface area contributed by atoms with Gasteiger partial charge in [-0.15, -0.1) is 0 Å². The van der Waals surface area contributed by atoms with Gasteiger partial charge in [0.2, 0.25) is 0 Å². The van der Waals surface area contributed by atoms with Gasteiger partial charge in [-0.1, -0.05) is 28.4 Å². The molecule has 118 valence electrons. The molecule has 0 heterocycles. The van der Waals surface area contributed by atoms with Gasteiger partial charge in [-0.2, -0.15) is 0 Å². The molecular weight excluding hydrogens is 357 g/mol. The molecule has 0 aromatic heterocycles. The van der Waals surface area contributed by atoms with Gasteiger partial charge in [0.15, 0.2) is 0 Å². The molecule has 0 radical (unpaired) electrons. The third kappa shape index (κ3) is 4.05. The van der Waals surface area contributed by atoms with Crippen LogP contribution in [-0.4, -0.2) is 27.0 Å². The van der Waals surface area contributed by atoms with Gasteiger partial charge >= 0.3 is 0 Å². The van der Waals surface area contributed by atoms with Gasteiger partial charge in [0.25, 0.3) is 0 Å². The smallest absolute Gasteiger partial charge is 0.150 e. The van der Waals surface area contributed by atoms with Gasteiger partial charge in [-0.3, -0.25) is 0 Å². The minimum absolute atomic E-state index is 0.138. The number of hydrogen-bond donors (Lipinski definition) is 1. The van der Waals surface area contributed by atoms with Crippen molar-refractivity contribution in [2.45, 2.75) is 37.0 Å². The van der Waals surface area contributed by atoms with Crippen LogP contribution in [0.3, 0.4) is 0 Å². The Hall–Kier alpha value is -0.460. The number of nitrogens with one attached hydrogen (secondary N) is 1. The molecular formula is C15H21BrFNO2S. The fourth-order valence-corrected chi connectivity index (χ4v) is 4.80. The van der Waals surface area contributed by atoms with Gasteiger partial charge in [0, 0.05) is 22.3 Å². The van der Waals surface area contributed by atoms with Gasteiger partial charge in [0.1, 0.15) is 15.7 Å². The third-order valence-electron chi connectivity index (χ3n) is 4.35. The Kier molecular flexibility index (Phi) is 5.43. The second kappa shape index (κ2) is 6.75. The van der Waals surface area contributed by atoms with E-state index >= 15 is 0 Å². The van der Waals surface area contributed by atoms with E-state index in [0.717, 1.165) is 12.8 Å². The number of halogens is 2. The largest absolute Gasteiger partial charge is 0.313 e. The van der Waals surface area contributed by atoms with Crippen LogP contribution in [0.15, 0.2) is 22.7 Å². The summed E-state index contributed by atoms with van der Waals surface area (Å²) in [7, 11) is -1.23. The molecule has 1 fully saturated rings. The maximum Gasteiger partial charge on any atom is 0.150 e. The first kappa shape index (κ1) is 16.9. The van der Waals surface area contributed by atoms with Crippen LogP contribution in [0.5, 0.6) is 0 Å². The third-order valence-corrected chi connectivity index (χ3v) is 6.48. The Morgan fingerprint density at radius 1 is 1.38 bits per heavy atom. The molecule has 1 saturated carbocycles. The highest BCUT2D eigenvalue weighted by atomic mass is 79.9. The molecule has 1 N–H and O–H groups in total. The molecule has 1 aromatic rings. The molecule has 0 bridgehead atoms. The number of rotatable bonds is 4. The predicted molar refractivity (Wildman–Crippen MR) is 86.5 cm³/mol. The average Bonchev–Trinajstić information content (AvgIpc) is 2.41. The summed E-state index contributed by atoms with van der Waals surface area (Å²) < 4.78 is 38.5. The second-order valence-corrected chi connectivity index (χ2v) is 9.05. The summed E-state index contributed by atoms with van der Waals surface area (Å²) in [5.74, 6) is -0.121. The maximum absolute atomic E-state index is 14.2. The zero-order valence-electron chi connectivity index (χ0n) is 12.3. The molecule has 0 aliphatic heterocycles. The Bertz CT molecular complexity index is 606. The Morgan fingerprint density at radius 2 is 2.10 bits per heavy atom. The van der Waals surface area contributed by atoms with Crippen molar-refractivity contribution >= 4 is 25.8 Å². The van der Waals surface area contributed by atoms with Gasteiger partial charge < -0.3 is 5.32 Å². The molecule has 0 spiro atoms. The van der Waals surface area contributed by atoms with Gasteiger partial charge in [0.05, 0.1) is 5.25 Å². The zero-order valence-corrected chi connectivity index (χ0v) is 14.7. The van der Waals surface area contributed by atoms with Crippen LogP contribution in [-0.2, 0) is 9.84 Å². The van der Waals surface area contributed by atoms with Crippen molar-refractivity contribution < 1.29 is 12.8 Å². The molecule has 1 aromatic carbocycles. The molecule has 0 saturated heterocycles. The Morgan fingerprint density at radius 3 is 2.67 bits per heavy atom. The van der Waals surface area contributed by atoms with Crippen LogP contribution >= 0.6 is 15.9 Å². The lowest BCUT2D eigenvalue weighted by molar-refractivity contribution is 0.278. The average molecular weight is 378 g/mol. The Labute approximate surface area is 134 Å². The standard InChI is InChI=1S/C15H21BrFNO2S/c1-18-15(13-7-6-11(16)9-14(13)17)10-4-3-5-12(8-10)21(2,19)20/h6-7,9-10,12,15,18H,3-5,8H2,1-2H3. The summed E-state index contributed by atoms with van der Waals surface area (Å²) in [6, 6.07) is 4.89. The molecule has 1 aliphatic carbocycles. The van der Waals surface area contributed by atoms with Crippen LogP contribution in [0, 0.1) is 11.7 Å². The van der Waals surface area contributed by atoms with Crippen molar-refractivity contribution in [3.8, 4) is 0 Å². The highest BCUT2D eigenvalue weighted by Gasteiger charge is 2.34. The molecule has 6 heteroatoms. The summed E-state index contributed by atoms with van der Waals surface area (Å²) in [5.41, 5.74) is 0.611. The molecule has 3 unspecified atom stereocenters. The van der Waals surface area contributed by atoms with E-state index in [1.807, 2.05) is 6.07 Å². The first-order valence-corrected chi connectivity index (χ1v) is 9.88. The van der Waals surface area contributed by atoms with Gasteiger partial charge in [-0.05, 0) is 44.4 Å². The summed E-state index contributed by atoms with van der Waals surface area (Å²) in [6.07, 6.45) is 4.41. The SMILES string of the molecule is CNC(c1ccc(Br)cc1F)C1CCCC(S(C)(=O)=O)C1. The van der Waals surface area contributed by atoms with Crippen LogP contribution < -0.4 is 5.32 Å². The van der Waals surface area contributed by atoms with Crippen LogP contribution in [0.2, 0.25) is 0 Å². The highest BCUT2D eigenvalue weighted by Crippen LogP contribution is 2.37. The zero-order chi connectivity index (χ0) is 15.6. The van der Waals surface area contributed by atoms with E-state index in [0.29, 0.717) is 22.9 Å². The van der Waals surface area contributed by atoms with E-state index in [-0.39, 0.29) is 23.0 Å². The van der Waals surface area contributed by atoms with Crippen molar-refractivity contribution in [1.82, 2.24) is 5.32 Å². The van der Waals surface area contributed by atoms with Crippen molar-refractivity contribution in [3.63, 3.8) is 0 Å². The van der Waals surface area contributed by atoms with Crippen LogP contribution in [0.1, 0.15) is 37.3 Å². The fraction of sp³-hybridized carbons (Fsp3) is 0.600. The number of sulfone groups is 1. The highest BCUT2D eigenvalue weighted by molar-refractivity contribution is 9.10. The van der Waals surface area contributed by atoms with E-state index in [2.05, 4.69) is 21.2 Å². The Balaban J connectivity index is 2.24. The quantitative estimate of drug-likeness (QED) is 0.873. The van der Waals surface area contributed by atoms with Crippen LogP contribution in [0.25, 0.3) is 0 Å². The first-order valence-electron chi connectivity index (χ1n) is 7.14. The molecule has 3 nitrogen and oxygen atoms in total. The summed E-state index contributed by atoms with van der Waals surface area (Å²) in [5, 5.41) is 2.87. The molecule has 2 rings (SSSR count). The van der Waals surface area contributed by atoms with E-state index < -0.39 is 9.84 Å². The van der Waals surface area contributed by atoms with Crippen LogP contribution in [0.4, 0.5) is 4.39 Å². The second-order valence-electron chi connectivity index (χ2n) is 5.81. The monoisotopic (exact) mass is 377 g/mol. The van der Waals surface area contributed by atoms with E-state index in [9.17, 15) is 12.8 Å². The summed E-state index contributed by atoms with van der Waals surface area (Å²) in [4.78, 5) is 0. The number of hydrogen-bond acceptors (Lipinski definition) is 3. The fourth-order valence-electron chi connectivity index (χ4n) is 3.27. The molecule has 0 amide bonds. The molecule has 21 heavy (non-hydrogen) atoms. The number of benzene rings is 1. The molecule has 1 aliphatic rings. The van der Waals surface area contributed by atoms with Crippen molar-refractivity contribution in [1.29, 1.82) is 0 Å². The van der Waals surface area contributed by atoms with Gasteiger partial charge in [-0.25, -0.2) is 12.8 Å². The van der Waals surface area contributed by atoms with E-state index in [4.69, 9.17) is 0 Å².